The third-order valence-electron chi connectivity index (χ3n) is 4.35. The lowest BCUT2D eigenvalue weighted by Gasteiger charge is -2.28. The van der Waals surface area contributed by atoms with Crippen molar-refractivity contribution in [1.29, 1.82) is 0 Å². The normalized spacial score (nSPS) is 23.0. The maximum absolute atomic E-state index is 11.4. The number of hydrogen-bond donors (Lipinski definition) is 1. The molecule has 0 aliphatic carbocycles. The fourth-order valence-corrected chi connectivity index (χ4v) is 4.54. The molecule has 3 heterocycles. The van der Waals surface area contributed by atoms with Gasteiger partial charge in [-0.05, 0) is 44.2 Å². The zero-order valence-electron chi connectivity index (χ0n) is 12.3. The second kappa shape index (κ2) is 6.22. The Morgan fingerprint density at radius 2 is 1.81 bits per heavy atom. The third-order valence-corrected chi connectivity index (χ3v) is 6.07. The highest BCUT2D eigenvalue weighted by Gasteiger charge is 2.23. The van der Waals surface area contributed by atoms with Crippen molar-refractivity contribution >= 4 is 21.3 Å². The van der Waals surface area contributed by atoms with Crippen molar-refractivity contribution in [2.24, 2.45) is 0 Å². The molecule has 0 amide bonds. The minimum Gasteiger partial charge on any atom is -0.381 e. The van der Waals surface area contributed by atoms with Crippen molar-refractivity contribution in [3.63, 3.8) is 0 Å². The van der Waals surface area contributed by atoms with E-state index in [9.17, 15) is 8.42 Å². The van der Waals surface area contributed by atoms with Crippen molar-refractivity contribution in [3.8, 4) is 0 Å². The molecule has 5 nitrogen and oxygen atoms in total. The largest absolute Gasteiger partial charge is 0.381 e. The summed E-state index contributed by atoms with van der Waals surface area (Å²) in [6.07, 6.45) is 7.07. The summed E-state index contributed by atoms with van der Waals surface area (Å²) >= 11 is 0. The number of anilines is 2. The topological polar surface area (TPSA) is 62.3 Å². The number of nitrogens with zero attached hydrogens (tertiary/aromatic N) is 2. The Balaban J connectivity index is 1.57. The Morgan fingerprint density at radius 3 is 2.43 bits per heavy atom. The number of sulfone groups is 1. The van der Waals surface area contributed by atoms with Gasteiger partial charge in [-0.25, -0.2) is 13.4 Å². The molecular formula is C15H23N3O2S. The molecular weight excluding hydrogens is 286 g/mol. The maximum Gasteiger partial charge on any atom is 0.150 e. The van der Waals surface area contributed by atoms with Crippen molar-refractivity contribution < 1.29 is 8.42 Å². The van der Waals surface area contributed by atoms with Gasteiger partial charge in [0.25, 0.3) is 0 Å². The van der Waals surface area contributed by atoms with Crippen LogP contribution in [-0.2, 0) is 9.84 Å². The standard InChI is InChI=1S/C15H23N3O2S/c19-21(20)10-6-13(7-11-21)17-14-4-5-15(16-12-14)18-8-2-1-3-9-18/h4-5,12-13,17H,1-3,6-11H2. The molecule has 6 heteroatoms. The Kier molecular flexibility index (Phi) is 4.33. The molecule has 0 bridgehead atoms. The van der Waals surface area contributed by atoms with Gasteiger partial charge in [0.1, 0.15) is 15.7 Å². The Hall–Kier alpha value is -1.30. The molecule has 2 saturated heterocycles. The van der Waals surface area contributed by atoms with Gasteiger partial charge in [-0.3, -0.25) is 0 Å². The smallest absolute Gasteiger partial charge is 0.150 e. The van der Waals surface area contributed by atoms with Gasteiger partial charge in [-0.15, -0.1) is 0 Å². The highest BCUT2D eigenvalue weighted by Crippen LogP contribution is 2.21. The molecule has 2 fully saturated rings. The Morgan fingerprint density at radius 1 is 1.10 bits per heavy atom. The minimum absolute atomic E-state index is 0.246. The van der Waals surface area contributed by atoms with Crippen LogP contribution in [0.25, 0.3) is 0 Å². The minimum atomic E-state index is -2.79. The first-order chi connectivity index (χ1) is 10.1. The first-order valence-electron chi connectivity index (χ1n) is 7.80. The molecule has 1 aromatic heterocycles. The highest BCUT2D eigenvalue weighted by atomic mass is 32.2. The Bertz CT molecular complexity index is 551. The summed E-state index contributed by atoms with van der Waals surface area (Å²) in [7, 11) is -2.79. The van der Waals surface area contributed by atoms with E-state index in [4.69, 9.17) is 0 Å². The summed E-state index contributed by atoms with van der Waals surface area (Å²) in [4.78, 5) is 6.88. The van der Waals surface area contributed by atoms with Gasteiger partial charge in [0, 0.05) is 19.1 Å². The zero-order chi connectivity index (χ0) is 14.7. The summed E-state index contributed by atoms with van der Waals surface area (Å²) in [5.74, 6) is 1.64. The van der Waals surface area contributed by atoms with E-state index in [1.165, 1.54) is 19.3 Å². The summed E-state index contributed by atoms with van der Waals surface area (Å²) in [5, 5.41) is 3.40. The SMILES string of the molecule is O=S1(=O)CCC(Nc2ccc(N3CCCCC3)nc2)CC1. The van der Waals surface area contributed by atoms with Gasteiger partial charge in [-0.1, -0.05) is 0 Å². The maximum atomic E-state index is 11.4. The lowest BCUT2D eigenvalue weighted by atomic mass is 10.1. The van der Waals surface area contributed by atoms with Crippen LogP contribution in [0.15, 0.2) is 18.3 Å². The molecule has 1 aromatic rings. The van der Waals surface area contributed by atoms with E-state index in [-0.39, 0.29) is 6.04 Å². The molecule has 0 spiro atoms. The average molecular weight is 309 g/mol. The predicted molar refractivity (Wildman–Crippen MR) is 85.6 cm³/mol. The van der Waals surface area contributed by atoms with E-state index in [0.717, 1.165) is 24.6 Å². The second-order valence-electron chi connectivity index (χ2n) is 6.02. The highest BCUT2D eigenvalue weighted by molar-refractivity contribution is 7.91. The van der Waals surface area contributed by atoms with Crippen molar-refractivity contribution in [2.45, 2.75) is 38.1 Å². The fraction of sp³-hybridized carbons (Fsp3) is 0.667. The van der Waals surface area contributed by atoms with Crippen LogP contribution in [0.1, 0.15) is 32.1 Å². The number of piperidine rings is 1. The molecule has 116 valence electrons. The number of rotatable bonds is 3. The van der Waals surface area contributed by atoms with Gasteiger partial charge in [0.2, 0.25) is 0 Å². The average Bonchev–Trinajstić information content (AvgIpc) is 2.51. The van der Waals surface area contributed by atoms with E-state index in [1.54, 1.807) is 0 Å². The van der Waals surface area contributed by atoms with Crippen molar-refractivity contribution in [3.05, 3.63) is 18.3 Å². The van der Waals surface area contributed by atoms with E-state index in [0.29, 0.717) is 24.3 Å². The van der Waals surface area contributed by atoms with Gasteiger partial charge in [0.15, 0.2) is 0 Å². The van der Waals surface area contributed by atoms with E-state index >= 15 is 0 Å². The summed E-state index contributed by atoms with van der Waals surface area (Å²) in [5.41, 5.74) is 0.986. The molecule has 2 aliphatic rings. The van der Waals surface area contributed by atoms with Crippen LogP contribution in [-0.4, -0.2) is 44.0 Å². The third kappa shape index (κ3) is 3.87. The van der Waals surface area contributed by atoms with Gasteiger partial charge < -0.3 is 10.2 Å². The van der Waals surface area contributed by atoms with E-state index in [1.807, 2.05) is 6.20 Å². The van der Waals surface area contributed by atoms with E-state index < -0.39 is 9.84 Å². The molecule has 3 rings (SSSR count). The van der Waals surface area contributed by atoms with Crippen LogP contribution in [0.5, 0.6) is 0 Å². The molecule has 1 N–H and O–H groups in total. The fourth-order valence-electron chi connectivity index (χ4n) is 3.05. The molecule has 0 radical (unpaired) electrons. The van der Waals surface area contributed by atoms with Crippen molar-refractivity contribution in [2.75, 3.05) is 34.8 Å². The lowest BCUT2D eigenvalue weighted by Crippen LogP contribution is -2.32. The number of pyridine rings is 1. The first kappa shape index (κ1) is 14.6. The van der Waals surface area contributed by atoms with Gasteiger partial charge in [0.05, 0.1) is 23.4 Å². The molecule has 0 saturated carbocycles. The van der Waals surface area contributed by atoms with Crippen molar-refractivity contribution in [1.82, 2.24) is 4.98 Å². The number of aromatic nitrogens is 1. The first-order valence-corrected chi connectivity index (χ1v) is 9.62. The number of hydrogen-bond acceptors (Lipinski definition) is 5. The summed E-state index contributed by atoms with van der Waals surface area (Å²) < 4.78 is 22.8. The van der Waals surface area contributed by atoms with Crippen LogP contribution < -0.4 is 10.2 Å². The van der Waals surface area contributed by atoms with Crippen LogP contribution >= 0.6 is 0 Å². The van der Waals surface area contributed by atoms with Gasteiger partial charge in [-0.2, -0.15) is 0 Å². The van der Waals surface area contributed by atoms with Crippen LogP contribution in [0.3, 0.4) is 0 Å². The molecule has 21 heavy (non-hydrogen) atoms. The number of nitrogens with one attached hydrogen (secondary N) is 1. The predicted octanol–water partition coefficient (Wildman–Crippen LogP) is 2.06. The van der Waals surface area contributed by atoms with E-state index in [2.05, 4.69) is 27.3 Å². The molecule has 0 aromatic carbocycles. The summed E-state index contributed by atoms with van der Waals surface area (Å²) in [6, 6.07) is 4.36. The quantitative estimate of drug-likeness (QED) is 0.926. The molecule has 0 atom stereocenters. The second-order valence-corrected chi connectivity index (χ2v) is 8.33. The van der Waals surface area contributed by atoms with Crippen LogP contribution in [0.4, 0.5) is 11.5 Å². The zero-order valence-corrected chi connectivity index (χ0v) is 13.1. The van der Waals surface area contributed by atoms with Crippen LogP contribution in [0.2, 0.25) is 0 Å². The lowest BCUT2D eigenvalue weighted by molar-refractivity contribution is 0.559. The molecule has 0 unspecified atom stereocenters. The van der Waals surface area contributed by atoms with Gasteiger partial charge >= 0.3 is 0 Å². The molecule has 2 aliphatic heterocycles. The summed E-state index contributed by atoms with van der Waals surface area (Å²) in [6.45, 7) is 2.19. The Labute approximate surface area is 126 Å². The monoisotopic (exact) mass is 309 g/mol. The van der Waals surface area contributed by atoms with Crippen LogP contribution in [0, 0.1) is 0 Å².